The van der Waals surface area contributed by atoms with Gasteiger partial charge in [0.1, 0.15) is 5.69 Å². The molecular formula is C16H17F3N6S2. The van der Waals surface area contributed by atoms with E-state index < -0.39 is 11.9 Å². The van der Waals surface area contributed by atoms with Gasteiger partial charge in [-0.2, -0.15) is 18.3 Å². The fraction of sp³-hybridized carbons (Fsp3) is 0.500. The van der Waals surface area contributed by atoms with Crippen LogP contribution in [-0.4, -0.2) is 34.8 Å². The molecule has 11 heteroatoms. The van der Waals surface area contributed by atoms with Crippen molar-refractivity contribution in [3.05, 3.63) is 22.8 Å². The van der Waals surface area contributed by atoms with E-state index in [9.17, 15) is 13.2 Å². The number of hydrogen-bond donors (Lipinski definition) is 0. The molecule has 6 nitrogen and oxygen atoms in total. The first-order valence-corrected chi connectivity index (χ1v) is 10.2. The molecule has 0 bridgehead atoms. The normalized spacial score (nSPS) is 15.7. The van der Waals surface area contributed by atoms with E-state index in [0.717, 1.165) is 27.2 Å². The van der Waals surface area contributed by atoms with E-state index in [1.165, 1.54) is 32.6 Å². The molecule has 1 aliphatic carbocycles. The highest BCUT2D eigenvalue weighted by Gasteiger charge is 2.36. The Morgan fingerprint density at radius 1 is 1.22 bits per heavy atom. The molecule has 3 aromatic rings. The van der Waals surface area contributed by atoms with Gasteiger partial charge in [0, 0.05) is 17.7 Å². The number of alkyl halides is 3. The lowest BCUT2D eigenvalue weighted by Gasteiger charge is -2.08. The van der Waals surface area contributed by atoms with E-state index in [2.05, 4.69) is 20.3 Å². The quantitative estimate of drug-likeness (QED) is 0.630. The van der Waals surface area contributed by atoms with Crippen molar-refractivity contribution in [3.8, 4) is 16.6 Å². The fourth-order valence-electron chi connectivity index (χ4n) is 3.11. The minimum absolute atomic E-state index is 0.151. The Morgan fingerprint density at radius 2 is 1.96 bits per heavy atom. The SMILES string of the molecule is Cc1cc(C(F)(F)F)n(-c2nc(-c3nnc(SC4CCCC4)n3C)cs2)n1. The maximum Gasteiger partial charge on any atom is 0.433 e. The van der Waals surface area contributed by atoms with Gasteiger partial charge in [-0.15, -0.1) is 21.5 Å². The summed E-state index contributed by atoms with van der Waals surface area (Å²) < 4.78 is 42.4. The molecule has 1 saturated carbocycles. The zero-order chi connectivity index (χ0) is 19.2. The molecule has 0 spiro atoms. The van der Waals surface area contributed by atoms with Crippen molar-refractivity contribution in [3.63, 3.8) is 0 Å². The van der Waals surface area contributed by atoms with Crippen molar-refractivity contribution in [1.82, 2.24) is 29.5 Å². The molecule has 0 N–H and O–H groups in total. The van der Waals surface area contributed by atoms with Crippen molar-refractivity contribution in [2.75, 3.05) is 0 Å². The van der Waals surface area contributed by atoms with Crippen LogP contribution in [0.2, 0.25) is 0 Å². The summed E-state index contributed by atoms with van der Waals surface area (Å²) in [5.41, 5.74) is -0.0612. The molecule has 0 unspecified atom stereocenters. The number of hydrogen-bond acceptors (Lipinski definition) is 6. The van der Waals surface area contributed by atoms with Gasteiger partial charge < -0.3 is 4.57 Å². The lowest BCUT2D eigenvalue weighted by molar-refractivity contribution is -0.142. The maximum absolute atomic E-state index is 13.2. The lowest BCUT2D eigenvalue weighted by Crippen LogP contribution is -2.13. The van der Waals surface area contributed by atoms with Crippen molar-refractivity contribution >= 4 is 23.1 Å². The molecule has 0 atom stereocenters. The van der Waals surface area contributed by atoms with Gasteiger partial charge in [-0.25, -0.2) is 9.67 Å². The van der Waals surface area contributed by atoms with Gasteiger partial charge in [-0.1, -0.05) is 24.6 Å². The standard InChI is InChI=1S/C16H17F3N6S2/c1-9-7-12(16(17,18)19)25(23-9)14-20-11(8-26-14)13-21-22-15(24(13)2)27-10-5-3-4-6-10/h7-8,10H,3-6H2,1-2H3. The smallest absolute Gasteiger partial charge is 0.304 e. The molecule has 27 heavy (non-hydrogen) atoms. The monoisotopic (exact) mass is 414 g/mol. The van der Waals surface area contributed by atoms with Crippen LogP contribution in [-0.2, 0) is 13.2 Å². The molecule has 1 aliphatic rings. The Labute approximate surface area is 161 Å². The molecule has 0 aromatic carbocycles. The number of rotatable bonds is 4. The Bertz CT molecular complexity index is 952. The Kier molecular flexibility index (Phi) is 4.75. The van der Waals surface area contributed by atoms with Crippen LogP contribution < -0.4 is 0 Å². The van der Waals surface area contributed by atoms with Crippen LogP contribution in [0.4, 0.5) is 13.2 Å². The molecule has 0 radical (unpaired) electrons. The second kappa shape index (κ2) is 6.93. The third-order valence-electron chi connectivity index (χ3n) is 4.43. The summed E-state index contributed by atoms with van der Waals surface area (Å²) in [6.45, 7) is 1.52. The summed E-state index contributed by atoms with van der Waals surface area (Å²) in [6.07, 6.45) is 0.327. The van der Waals surface area contributed by atoms with Crippen LogP contribution in [0.3, 0.4) is 0 Å². The van der Waals surface area contributed by atoms with E-state index in [1.807, 2.05) is 11.6 Å². The van der Waals surface area contributed by atoms with Crippen LogP contribution in [0.15, 0.2) is 16.6 Å². The van der Waals surface area contributed by atoms with Crippen LogP contribution in [0.1, 0.15) is 37.1 Å². The number of aromatic nitrogens is 6. The molecular weight excluding hydrogens is 397 g/mol. The summed E-state index contributed by atoms with van der Waals surface area (Å²) in [5, 5.41) is 15.6. The Morgan fingerprint density at radius 3 is 2.67 bits per heavy atom. The molecule has 0 saturated heterocycles. The number of nitrogens with zero attached hydrogens (tertiary/aromatic N) is 6. The third kappa shape index (κ3) is 3.62. The maximum atomic E-state index is 13.2. The summed E-state index contributed by atoms with van der Waals surface area (Å²) in [7, 11) is 1.85. The molecule has 3 heterocycles. The van der Waals surface area contributed by atoms with Gasteiger partial charge >= 0.3 is 6.18 Å². The number of halogens is 3. The van der Waals surface area contributed by atoms with Gasteiger partial charge in [0.2, 0.25) is 5.13 Å². The molecule has 0 aliphatic heterocycles. The number of thiazole rings is 1. The summed E-state index contributed by atoms with van der Waals surface area (Å²) in [5.74, 6) is 0.537. The minimum atomic E-state index is -4.50. The second-order valence-electron chi connectivity index (χ2n) is 6.49. The highest BCUT2D eigenvalue weighted by Crippen LogP contribution is 2.36. The van der Waals surface area contributed by atoms with Gasteiger partial charge in [-0.05, 0) is 25.8 Å². The van der Waals surface area contributed by atoms with E-state index in [1.54, 1.807) is 17.1 Å². The zero-order valence-corrected chi connectivity index (χ0v) is 16.3. The highest BCUT2D eigenvalue weighted by atomic mass is 32.2. The van der Waals surface area contributed by atoms with E-state index in [4.69, 9.17) is 0 Å². The Balaban J connectivity index is 1.63. The molecule has 4 rings (SSSR count). The van der Waals surface area contributed by atoms with Crippen LogP contribution in [0.25, 0.3) is 16.6 Å². The van der Waals surface area contributed by atoms with Crippen LogP contribution in [0.5, 0.6) is 0 Å². The summed E-state index contributed by atoms with van der Waals surface area (Å²) >= 11 is 2.80. The molecule has 0 amide bonds. The second-order valence-corrected chi connectivity index (χ2v) is 8.59. The topological polar surface area (TPSA) is 61.4 Å². The van der Waals surface area contributed by atoms with Crippen molar-refractivity contribution in [2.45, 2.75) is 49.2 Å². The van der Waals surface area contributed by atoms with Crippen LogP contribution >= 0.6 is 23.1 Å². The van der Waals surface area contributed by atoms with Gasteiger partial charge in [0.05, 0.1) is 5.69 Å². The van der Waals surface area contributed by atoms with Gasteiger partial charge in [-0.3, -0.25) is 0 Å². The largest absolute Gasteiger partial charge is 0.433 e. The number of aryl methyl sites for hydroxylation is 1. The van der Waals surface area contributed by atoms with Gasteiger partial charge in [0.25, 0.3) is 0 Å². The lowest BCUT2D eigenvalue weighted by atomic mass is 10.3. The van der Waals surface area contributed by atoms with Crippen LogP contribution in [0, 0.1) is 6.92 Å². The fourth-order valence-corrected chi connectivity index (χ4v) is 5.07. The van der Waals surface area contributed by atoms with E-state index in [-0.39, 0.29) is 10.8 Å². The molecule has 144 valence electrons. The van der Waals surface area contributed by atoms with Gasteiger partial charge in [0.15, 0.2) is 16.7 Å². The van der Waals surface area contributed by atoms with Crippen molar-refractivity contribution in [2.24, 2.45) is 7.05 Å². The first-order chi connectivity index (χ1) is 12.8. The third-order valence-corrected chi connectivity index (χ3v) is 6.62. The first kappa shape index (κ1) is 18.5. The Hall–Kier alpha value is -1.88. The molecule has 1 fully saturated rings. The highest BCUT2D eigenvalue weighted by molar-refractivity contribution is 7.99. The first-order valence-electron chi connectivity index (χ1n) is 8.49. The van der Waals surface area contributed by atoms with Crippen molar-refractivity contribution < 1.29 is 13.2 Å². The predicted octanol–water partition coefficient (Wildman–Crippen LogP) is 4.49. The summed E-state index contributed by atoms with van der Waals surface area (Å²) in [6, 6.07) is 1.01. The van der Waals surface area contributed by atoms with E-state index in [0.29, 0.717) is 16.8 Å². The zero-order valence-electron chi connectivity index (χ0n) is 14.7. The summed E-state index contributed by atoms with van der Waals surface area (Å²) in [4.78, 5) is 4.33. The number of thioether (sulfide) groups is 1. The predicted molar refractivity (Wildman–Crippen MR) is 97.1 cm³/mol. The van der Waals surface area contributed by atoms with E-state index >= 15 is 0 Å². The minimum Gasteiger partial charge on any atom is -0.304 e. The van der Waals surface area contributed by atoms with Crippen molar-refractivity contribution in [1.29, 1.82) is 0 Å². The average molecular weight is 414 g/mol. The molecule has 3 aromatic heterocycles. The average Bonchev–Trinajstić information content (AvgIpc) is 3.35.